The number of pyridine rings is 1. The molecule has 90 valence electrons. The predicted molar refractivity (Wildman–Crippen MR) is 62.3 cm³/mol. The highest BCUT2D eigenvalue weighted by molar-refractivity contribution is 9.10. The van der Waals surface area contributed by atoms with Crippen molar-refractivity contribution in [3.05, 3.63) is 34.4 Å². The molecule has 0 unspecified atom stereocenters. The fourth-order valence-corrected chi connectivity index (χ4v) is 1.82. The van der Waals surface area contributed by atoms with Gasteiger partial charge in [-0.1, -0.05) is 15.9 Å². The standard InChI is InChI=1S/C10H7BrF3N3/c11-5-1-2-7-6(3-5)8(17-15)4-9(16-7)10(12,13)14/h1-4H,15H2,(H,16,17). The number of aromatic nitrogens is 1. The molecule has 3 nitrogen and oxygen atoms in total. The highest BCUT2D eigenvalue weighted by atomic mass is 79.9. The van der Waals surface area contributed by atoms with Crippen molar-refractivity contribution < 1.29 is 13.2 Å². The number of rotatable bonds is 1. The maximum absolute atomic E-state index is 12.6. The average Bonchev–Trinajstić information content (AvgIpc) is 2.26. The molecule has 0 radical (unpaired) electrons. The number of anilines is 1. The van der Waals surface area contributed by atoms with Crippen molar-refractivity contribution in [3.63, 3.8) is 0 Å². The summed E-state index contributed by atoms with van der Waals surface area (Å²) in [4.78, 5) is 3.55. The van der Waals surface area contributed by atoms with Crippen LogP contribution >= 0.6 is 15.9 Å². The van der Waals surface area contributed by atoms with E-state index in [1.807, 2.05) is 0 Å². The fraction of sp³-hybridized carbons (Fsp3) is 0.100. The number of benzene rings is 1. The van der Waals surface area contributed by atoms with Gasteiger partial charge in [-0.05, 0) is 24.3 Å². The van der Waals surface area contributed by atoms with Gasteiger partial charge in [0.25, 0.3) is 0 Å². The largest absolute Gasteiger partial charge is 0.433 e. The van der Waals surface area contributed by atoms with Gasteiger partial charge in [-0.2, -0.15) is 13.2 Å². The number of hydrazine groups is 1. The molecule has 1 heterocycles. The van der Waals surface area contributed by atoms with Gasteiger partial charge in [0.05, 0.1) is 11.2 Å². The third-order valence-corrected chi connectivity index (χ3v) is 2.71. The third-order valence-electron chi connectivity index (χ3n) is 2.22. The van der Waals surface area contributed by atoms with E-state index < -0.39 is 11.9 Å². The molecule has 3 N–H and O–H groups in total. The lowest BCUT2D eigenvalue weighted by atomic mass is 10.1. The zero-order chi connectivity index (χ0) is 12.6. The number of halogens is 4. The Balaban J connectivity index is 2.75. The number of nitrogen functional groups attached to an aromatic ring is 1. The predicted octanol–water partition coefficient (Wildman–Crippen LogP) is 3.30. The minimum atomic E-state index is -4.49. The van der Waals surface area contributed by atoms with Crippen LogP contribution in [0.4, 0.5) is 18.9 Å². The Morgan fingerprint density at radius 3 is 2.53 bits per heavy atom. The van der Waals surface area contributed by atoms with E-state index in [1.165, 1.54) is 6.07 Å². The summed E-state index contributed by atoms with van der Waals surface area (Å²) >= 11 is 3.24. The molecule has 1 aromatic carbocycles. The average molecular weight is 306 g/mol. The minimum absolute atomic E-state index is 0.184. The third kappa shape index (κ3) is 2.34. The van der Waals surface area contributed by atoms with E-state index in [0.29, 0.717) is 5.39 Å². The van der Waals surface area contributed by atoms with E-state index in [9.17, 15) is 13.2 Å². The van der Waals surface area contributed by atoms with Crippen molar-refractivity contribution in [2.75, 3.05) is 5.43 Å². The number of fused-ring (bicyclic) bond motifs is 1. The van der Waals surface area contributed by atoms with Crippen molar-refractivity contribution in [2.24, 2.45) is 5.84 Å². The van der Waals surface area contributed by atoms with Crippen LogP contribution in [0.1, 0.15) is 5.69 Å². The molecule has 1 aromatic heterocycles. The first-order chi connectivity index (χ1) is 7.91. The monoisotopic (exact) mass is 305 g/mol. The molecule has 0 aliphatic rings. The van der Waals surface area contributed by atoms with E-state index in [1.54, 1.807) is 12.1 Å². The molecule has 0 fully saturated rings. The fourth-order valence-electron chi connectivity index (χ4n) is 1.46. The Labute approximate surface area is 103 Å². The molecular weight excluding hydrogens is 299 g/mol. The Bertz CT molecular complexity index is 568. The molecule has 7 heteroatoms. The Kier molecular flexibility index (Phi) is 2.96. The normalized spacial score (nSPS) is 11.8. The van der Waals surface area contributed by atoms with Gasteiger partial charge < -0.3 is 5.43 Å². The highest BCUT2D eigenvalue weighted by Crippen LogP contribution is 2.33. The van der Waals surface area contributed by atoms with E-state index in [4.69, 9.17) is 5.84 Å². The molecular formula is C10H7BrF3N3. The summed E-state index contributed by atoms with van der Waals surface area (Å²) in [6.07, 6.45) is -4.49. The molecule has 2 rings (SSSR count). The Morgan fingerprint density at radius 2 is 1.94 bits per heavy atom. The van der Waals surface area contributed by atoms with Gasteiger partial charge in [-0.3, -0.25) is 5.84 Å². The summed E-state index contributed by atoms with van der Waals surface area (Å²) in [7, 11) is 0. The van der Waals surface area contributed by atoms with Crippen molar-refractivity contribution in [2.45, 2.75) is 6.18 Å². The second kappa shape index (κ2) is 4.15. The van der Waals surface area contributed by atoms with Crippen LogP contribution in [0.2, 0.25) is 0 Å². The van der Waals surface area contributed by atoms with Gasteiger partial charge in [0.15, 0.2) is 0 Å². The molecule has 0 amide bonds. The zero-order valence-electron chi connectivity index (χ0n) is 8.35. The van der Waals surface area contributed by atoms with Gasteiger partial charge in [0.1, 0.15) is 5.69 Å². The summed E-state index contributed by atoms with van der Waals surface area (Å²) in [6, 6.07) is 5.65. The van der Waals surface area contributed by atoms with Crippen LogP contribution in [-0.2, 0) is 6.18 Å². The topological polar surface area (TPSA) is 50.9 Å². The second-order valence-electron chi connectivity index (χ2n) is 3.36. The van der Waals surface area contributed by atoms with Gasteiger partial charge >= 0.3 is 6.18 Å². The molecule has 0 bridgehead atoms. The van der Waals surface area contributed by atoms with Crippen molar-refractivity contribution in [1.29, 1.82) is 0 Å². The molecule has 0 saturated carbocycles. The smallest absolute Gasteiger partial charge is 0.323 e. The first-order valence-electron chi connectivity index (χ1n) is 4.56. The number of hydrogen-bond donors (Lipinski definition) is 2. The summed E-state index contributed by atoms with van der Waals surface area (Å²) < 4.78 is 38.5. The number of nitrogens with two attached hydrogens (primary N) is 1. The lowest BCUT2D eigenvalue weighted by molar-refractivity contribution is -0.140. The number of nitrogens with one attached hydrogen (secondary N) is 1. The second-order valence-corrected chi connectivity index (χ2v) is 4.27. The lowest BCUT2D eigenvalue weighted by Gasteiger charge is -2.11. The van der Waals surface area contributed by atoms with Gasteiger partial charge in [0.2, 0.25) is 0 Å². The summed E-state index contributed by atoms with van der Waals surface area (Å²) in [5, 5.41) is 0.523. The quantitative estimate of drug-likeness (QED) is 0.628. The van der Waals surface area contributed by atoms with Gasteiger partial charge in [0, 0.05) is 9.86 Å². The van der Waals surface area contributed by atoms with E-state index >= 15 is 0 Å². The van der Waals surface area contributed by atoms with Crippen molar-refractivity contribution >= 4 is 32.5 Å². The van der Waals surface area contributed by atoms with Gasteiger partial charge in [-0.25, -0.2) is 4.98 Å². The highest BCUT2D eigenvalue weighted by Gasteiger charge is 2.33. The zero-order valence-corrected chi connectivity index (χ0v) is 9.93. The van der Waals surface area contributed by atoms with Crippen molar-refractivity contribution in [3.8, 4) is 0 Å². The molecule has 17 heavy (non-hydrogen) atoms. The SMILES string of the molecule is NNc1cc(C(F)(F)F)nc2ccc(Br)cc12. The lowest BCUT2D eigenvalue weighted by Crippen LogP contribution is -2.12. The minimum Gasteiger partial charge on any atom is -0.323 e. The first-order valence-corrected chi connectivity index (χ1v) is 5.35. The van der Waals surface area contributed by atoms with Crippen LogP contribution in [0.25, 0.3) is 10.9 Å². The van der Waals surface area contributed by atoms with Crippen LogP contribution < -0.4 is 11.3 Å². The van der Waals surface area contributed by atoms with Crippen LogP contribution in [0.15, 0.2) is 28.7 Å². The van der Waals surface area contributed by atoms with Crippen LogP contribution in [0.3, 0.4) is 0 Å². The van der Waals surface area contributed by atoms with Gasteiger partial charge in [-0.15, -0.1) is 0 Å². The Hall–Kier alpha value is -1.34. The van der Waals surface area contributed by atoms with Crippen LogP contribution in [0.5, 0.6) is 0 Å². The van der Waals surface area contributed by atoms with E-state index in [0.717, 1.165) is 10.5 Å². The number of alkyl halides is 3. The number of nitrogens with zero attached hydrogens (tertiary/aromatic N) is 1. The summed E-state index contributed by atoms with van der Waals surface area (Å²) in [5.41, 5.74) is 1.69. The van der Waals surface area contributed by atoms with Crippen LogP contribution in [-0.4, -0.2) is 4.98 Å². The molecule has 0 saturated heterocycles. The maximum atomic E-state index is 12.6. The molecule has 2 aromatic rings. The Morgan fingerprint density at radius 1 is 1.24 bits per heavy atom. The summed E-state index contributed by atoms with van der Waals surface area (Å²) in [6.45, 7) is 0. The number of hydrogen-bond acceptors (Lipinski definition) is 3. The van der Waals surface area contributed by atoms with E-state index in [-0.39, 0.29) is 11.2 Å². The maximum Gasteiger partial charge on any atom is 0.433 e. The molecule has 0 aliphatic heterocycles. The van der Waals surface area contributed by atoms with Crippen LogP contribution in [0, 0.1) is 0 Å². The molecule has 0 spiro atoms. The van der Waals surface area contributed by atoms with Crippen molar-refractivity contribution in [1.82, 2.24) is 4.98 Å². The molecule has 0 atom stereocenters. The first kappa shape index (κ1) is 12.1. The van der Waals surface area contributed by atoms with E-state index in [2.05, 4.69) is 26.3 Å². The molecule has 0 aliphatic carbocycles. The summed E-state index contributed by atoms with van der Waals surface area (Å²) in [5.74, 6) is 5.22.